The fourth-order valence-corrected chi connectivity index (χ4v) is 5.74. The molecule has 0 aliphatic carbocycles. The summed E-state index contributed by atoms with van der Waals surface area (Å²) < 4.78 is 5.33. The second-order valence-electron chi connectivity index (χ2n) is 7.37. The Kier molecular flexibility index (Phi) is 5.76. The van der Waals surface area contributed by atoms with E-state index in [2.05, 4.69) is 6.07 Å². The maximum absolute atomic E-state index is 13.5. The summed E-state index contributed by atoms with van der Waals surface area (Å²) in [5.41, 5.74) is 3.59. The number of carbonyl (C=O) groups excluding carboxylic acids is 1. The first-order chi connectivity index (χ1) is 15.5. The normalized spacial score (nSPS) is 12.4. The van der Waals surface area contributed by atoms with Crippen molar-refractivity contribution in [1.82, 2.24) is 4.98 Å². The third-order valence-corrected chi connectivity index (χ3v) is 7.68. The first kappa shape index (κ1) is 21.2. The predicted octanol–water partition coefficient (Wildman–Crippen LogP) is 7.13. The Bertz CT molecular complexity index is 1360. The maximum Gasteiger partial charge on any atom is 0.242 e. The van der Waals surface area contributed by atoms with Crippen LogP contribution in [0.1, 0.15) is 5.56 Å². The molecule has 0 saturated heterocycles. The molecule has 0 saturated carbocycles. The molecule has 0 fully saturated rings. The molecule has 32 heavy (non-hydrogen) atoms. The lowest BCUT2D eigenvalue weighted by molar-refractivity contribution is -0.115. The third-order valence-electron chi connectivity index (χ3n) is 5.24. The van der Waals surface area contributed by atoms with Crippen LogP contribution in [0.2, 0.25) is 5.02 Å². The number of para-hydroxylation sites is 1. The lowest BCUT2D eigenvalue weighted by atomic mass is 10.2. The summed E-state index contributed by atoms with van der Waals surface area (Å²) in [5.74, 6) is 1.00. The van der Waals surface area contributed by atoms with Gasteiger partial charge in [-0.05, 0) is 61.0 Å². The number of rotatable bonds is 4. The molecule has 1 amide bonds. The van der Waals surface area contributed by atoms with Gasteiger partial charge in [-0.2, -0.15) is 0 Å². The third kappa shape index (κ3) is 3.94. The van der Waals surface area contributed by atoms with Crippen LogP contribution < -0.4 is 9.64 Å². The van der Waals surface area contributed by atoms with Crippen molar-refractivity contribution in [2.75, 3.05) is 17.8 Å². The second kappa shape index (κ2) is 8.70. The van der Waals surface area contributed by atoms with Crippen LogP contribution in [0.15, 0.2) is 81.5 Å². The Morgan fingerprint density at radius 1 is 1.06 bits per heavy atom. The van der Waals surface area contributed by atoms with Gasteiger partial charge in [0.05, 0.1) is 29.8 Å². The van der Waals surface area contributed by atoms with Crippen molar-refractivity contribution in [1.29, 1.82) is 0 Å². The van der Waals surface area contributed by atoms with Gasteiger partial charge in [-0.15, -0.1) is 0 Å². The molecule has 2 heterocycles. The summed E-state index contributed by atoms with van der Waals surface area (Å²) in [7, 11) is 1.64. The minimum atomic E-state index is -0.0156. The Morgan fingerprint density at radius 3 is 2.72 bits per heavy atom. The Labute approximate surface area is 199 Å². The van der Waals surface area contributed by atoms with E-state index in [9.17, 15) is 4.79 Å². The number of thioether (sulfide) groups is 1. The van der Waals surface area contributed by atoms with E-state index in [1.807, 2.05) is 67.6 Å². The molecule has 1 aliphatic rings. The number of ether oxygens (including phenoxy) is 1. The van der Waals surface area contributed by atoms with Crippen LogP contribution in [0.3, 0.4) is 0 Å². The molecule has 0 atom stereocenters. The number of benzene rings is 3. The van der Waals surface area contributed by atoms with Gasteiger partial charge < -0.3 is 4.74 Å². The first-order valence-electron chi connectivity index (χ1n) is 10.0. The SMILES string of the molecule is COc1ccc2cc(C)c(SCC(=O)N3c4ccccc4Sc4ccc(Cl)cc43)nc2c1. The average Bonchev–Trinajstić information content (AvgIpc) is 2.80. The lowest BCUT2D eigenvalue weighted by Crippen LogP contribution is -2.30. The molecular weight excluding hydrogens is 460 g/mol. The molecule has 3 aromatic carbocycles. The summed E-state index contributed by atoms with van der Waals surface area (Å²) in [6.07, 6.45) is 0. The predicted molar refractivity (Wildman–Crippen MR) is 133 cm³/mol. The van der Waals surface area contributed by atoms with E-state index in [4.69, 9.17) is 21.3 Å². The monoisotopic (exact) mass is 478 g/mol. The number of aromatic nitrogens is 1. The molecule has 0 bridgehead atoms. The zero-order valence-electron chi connectivity index (χ0n) is 17.5. The lowest BCUT2D eigenvalue weighted by Gasteiger charge is -2.31. The molecule has 4 aromatic rings. The van der Waals surface area contributed by atoms with Crippen LogP contribution in [0.4, 0.5) is 11.4 Å². The highest BCUT2D eigenvalue weighted by molar-refractivity contribution is 8.00. The fraction of sp³-hybridized carbons (Fsp3) is 0.120. The smallest absolute Gasteiger partial charge is 0.242 e. The van der Waals surface area contributed by atoms with E-state index in [0.29, 0.717) is 5.02 Å². The molecule has 0 spiro atoms. The molecule has 0 radical (unpaired) electrons. The highest BCUT2D eigenvalue weighted by atomic mass is 35.5. The molecule has 1 aromatic heterocycles. The summed E-state index contributed by atoms with van der Waals surface area (Å²) in [4.78, 5) is 22.1. The van der Waals surface area contributed by atoms with Gasteiger partial charge in [0.2, 0.25) is 5.91 Å². The van der Waals surface area contributed by atoms with Gasteiger partial charge in [0.1, 0.15) is 10.8 Å². The number of aryl methyl sites for hydroxylation is 1. The van der Waals surface area contributed by atoms with E-state index < -0.39 is 0 Å². The quantitative estimate of drug-likeness (QED) is 0.292. The average molecular weight is 479 g/mol. The van der Waals surface area contributed by atoms with Gasteiger partial charge in [-0.25, -0.2) is 4.98 Å². The van der Waals surface area contributed by atoms with Crippen LogP contribution in [0.5, 0.6) is 5.75 Å². The largest absolute Gasteiger partial charge is 0.497 e. The van der Waals surface area contributed by atoms with E-state index in [1.54, 1.807) is 23.8 Å². The number of hydrogen-bond donors (Lipinski definition) is 0. The number of amides is 1. The minimum Gasteiger partial charge on any atom is -0.497 e. The van der Waals surface area contributed by atoms with Crippen LogP contribution >= 0.6 is 35.1 Å². The van der Waals surface area contributed by atoms with E-state index in [0.717, 1.165) is 48.4 Å². The van der Waals surface area contributed by atoms with Gasteiger partial charge in [-0.3, -0.25) is 9.69 Å². The Balaban J connectivity index is 1.46. The number of pyridine rings is 1. The molecule has 5 rings (SSSR count). The maximum atomic E-state index is 13.5. The molecule has 1 aliphatic heterocycles. The molecular formula is C25H19ClN2O2S2. The molecule has 160 valence electrons. The van der Waals surface area contributed by atoms with Crippen LogP contribution in [-0.2, 0) is 4.79 Å². The standard InChI is InChI=1S/C25H19ClN2O2S2/c1-15-11-16-7-9-18(30-2)13-19(16)27-25(15)31-14-24(29)28-20-5-3-4-6-22(20)32-23-10-8-17(26)12-21(23)28/h3-13H,14H2,1-2H3. The number of hydrogen-bond acceptors (Lipinski definition) is 5. The van der Waals surface area contributed by atoms with Crippen molar-refractivity contribution >= 4 is 63.3 Å². The van der Waals surface area contributed by atoms with Crippen molar-refractivity contribution in [3.63, 3.8) is 0 Å². The number of fused-ring (bicyclic) bond motifs is 3. The number of halogens is 1. The zero-order valence-corrected chi connectivity index (χ0v) is 19.9. The summed E-state index contributed by atoms with van der Waals surface area (Å²) in [5, 5.41) is 2.49. The van der Waals surface area contributed by atoms with E-state index in [1.165, 1.54) is 11.8 Å². The van der Waals surface area contributed by atoms with Crippen molar-refractivity contribution < 1.29 is 9.53 Å². The number of nitrogens with zero attached hydrogens (tertiary/aromatic N) is 2. The van der Waals surface area contributed by atoms with Crippen LogP contribution in [0, 0.1) is 6.92 Å². The molecule has 4 nitrogen and oxygen atoms in total. The van der Waals surface area contributed by atoms with Crippen molar-refractivity contribution in [3.8, 4) is 5.75 Å². The van der Waals surface area contributed by atoms with Gasteiger partial charge >= 0.3 is 0 Å². The highest BCUT2D eigenvalue weighted by Crippen LogP contribution is 2.49. The van der Waals surface area contributed by atoms with Gasteiger partial charge in [0.15, 0.2) is 0 Å². The number of carbonyl (C=O) groups is 1. The molecule has 0 N–H and O–H groups in total. The van der Waals surface area contributed by atoms with Crippen molar-refractivity contribution in [2.45, 2.75) is 21.7 Å². The zero-order chi connectivity index (χ0) is 22.2. The minimum absolute atomic E-state index is 0.0156. The summed E-state index contributed by atoms with van der Waals surface area (Å²) in [6, 6.07) is 21.6. The highest BCUT2D eigenvalue weighted by Gasteiger charge is 2.28. The fourth-order valence-electron chi connectivity index (χ4n) is 3.70. The van der Waals surface area contributed by atoms with Gasteiger partial charge in [0, 0.05) is 26.3 Å². The van der Waals surface area contributed by atoms with Crippen LogP contribution in [-0.4, -0.2) is 23.8 Å². The second-order valence-corrected chi connectivity index (χ2v) is 9.85. The van der Waals surface area contributed by atoms with Gasteiger partial charge in [-0.1, -0.05) is 47.3 Å². The number of anilines is 2. The topological polar surface area (TPSA) is 42.4 Å². The summed E-state index contributed by atoms with van der Waals surface area (Å²) in [6.45, 7) is 2.02. The Hall–Kier alpha value is -2.67. The van der Waals surface area contributed by atoms with E-state index in [-0.39, 0.29) is 11.7 Å². The molecule has 7 heteroatoms. The Morgan fingerprint density at radius 2 is 1.88 bits per heavy atom. The first-order valence-corrected chi connectivity index (χ1v) is 12.2. The van der Waals surface area contributed by atoms with Crippen LogP contribution in [0.25, 0.3) is 10.9 Å². The van der Waals surface area contributed by atoms with Gasteiger partial charge in [0.25, 0.3) is 0 Å². The van der Waals surface area contributed by atoms with Crippen molar-refractivity contribution in [3.05, 3.63) is 77.3 Å². The number of methoxy groups -OCH3 is 1. The van der Waals surface area contributed by atoms with Crippen molar-refractivity contribution in [2.24, 2.45) is 0 Å². The molecule has 0 unspecified atom stereocenters. The van der Waals surface area contributed by atoms with E-state index >= 15 is 0 Å². The summed E-state index contributed by atoms with van der Waals surface area (Å²) >= 11 is 9.37.